The van der Waals surface area contributed by atoms with Gasteiger partial charge >= 0.3 is 5.97 Å². The largest absolute Gasteiger partial charge is 0.481 e. The standard InChI is InChI=1S/C11H17NO3/c13-10-5-2-6-12(10)9-4-1-3-8(7-9)11(14)15/h8-9H,1-7H2,(H,14,15). The number of amides is 1. The van der Waals surface area contributed by atoms with E-state index in [9.17, 15) is 9.59 Å². The summed E-state index contributed by atoms with van der Waals surface area (Å²) in [5.41, 5.74) is 0. The van der Waals surface area contributed by atoms with Gasteiger partial charge in [-0.05, 0) is 25.7 Å². The summed E-state index contributed by atoms with van der Waals surface area (Å²) in [6, 6.07) is 0.190. The Balaban J connectivity index is 1.97. The summed E-state index contributed by atoms with van der Waals surface area (Å²) >= 11 is 0. The molecule has 1 aliphatic carbocycles. The maximum absolute atomic E-state index is 11.5. The number of carboxylic acid groups (broad SMARTS) is 1. The van der Waals surface area contributed by atoms with Crippen LogP contribution < -0.4 is 0 Å². The SMILES string of the molecule is O=C(O)C1CCCC(N2CCCC2=O)C1. The number of likely N-dealkylation sites (tertiary alicyclic amines) is 1. The molecular formula is C11H17NO3. The Kier molecular flexibility index (Phi) is 2.93. The maximum atomic E-state index is 11.5. The van der Waals surface area contributed by atoms with Crippen molar-refractivity contribution in [1.29, 1.82) is 0 Å². The van der Waals surface area contributed by atoms with Gasteiger partial charge in [-0.15, -0.1) is 0 Å². The monoisotopic (exact) mass is 211 g/mol. The van der Waals surface area contributed by atoms with Crippen molar-refractivity contribution in [3.8, 4) is 0 Å². The van der Waals surface area contributed by atoms with Gasteiger partial charge in [0.05, 0.1) is 5.92 Å². The van der Waals surface area contributed by atoms with E-state index in [0.29, 0.717) is 12.8 Å². The van der Waals surface area contributed by atoms with Crippen LogP contribution in [0.1, 0.15) is 38.5 Å². The van der Waals surface area contributed by atoms with Gasteiger partial charge in [-0.1, -0.05) is 6.42 Å². The van der Waals surface area contributed by atoms with Crippen LogP contribution in [0.25, 0.3) is 0 Å². The third-order valence-corrected chi connectivity index (χ3v) is 3.55. The average molecular weight is 211 g/mol. The van der Waals surface area contributed by atoms with Gasteiger partial charge in [-0.25, -0.2) is 0 Å². The molecule has 2 aliphatic rings. The Hall–Kier alpha value is -1.06. The molecule has 0 aromatic rings. The molecule has 0 radical (unpaired) electrons. The van der Waals surface area contributed by atoms with Gasteiger partial charge in [0, 0.05) is 19.0 Å². The third kappa shape index (κ3) is 2.13. The van der Waals surface area contributed by atoms with E-state index in [4.69, 9.17) is 5.11 Å². The molecule has 1 heterocycles. The highest BCUT2D eigenvalue weighted by molar-refractivity contribution is 5.78. The summed E-state index contributed by atoms with van der Waals surface area (Å²) in [4.78, 5) is 24.3. The fraction of sp³-hybridized carbons (Fsp3) is 0.818. The van der Waals surface area contributed by atoms with Crippen LogP contribution in [0, 0.1) is 5.92 Å². The zero-order valence-electron chi connectivity index (χ0n) is 8.82. The van der Waals surface area contributed by atoms with Crippen molar-refractivity contribution >= 4 is 11.9 Å². The number of carboxylic acids is 1. The molecule has 0 aromatic heterocycles. The quantitative estimate of drug-likeness (QED) is 0.748. The smallest absolute Gasteiger partial charge is 0.306 e. The van der Waals surface area contributed by atoms with Gasteiger partial charge in [0.1, 0.15) is 0 Å². The van der Waals surface area contributed by atoms with Gasteiger partial charge < -0.3 is 10.0 Å². The number of aliphatic carboxylic acids is 1. The van der Waals surface area contributed by atoms with Gasteiger partial charge in [-0.2, -0.15) is 0 Å². The van der Waals surface area contributed by atoms with Crippen LogP contribution in [0.5, 0.6) is 0 Å². The molecule has 2 atom stereocenters. The zero-order valence-corrected chi connectivity index (χ0v) is 8.82. The lowest BCUT2D eigenvalue weighted by Crippen LogP contribution is -2.40. The molecule has 0 spiro atoms. The van der Waals surface area contributed by atoms with E-state index in [2.05, 4.69) is 0 Å². The maximum Gasteiger partial charge on any atom is 0.306 e. The third-order valence-electron chi connectivity index (χ3n) is 3.55. The minimum Gasteiger partial charge on any atom is -0.481 e. The first-order valence-corrected chi connectivity index (χ1v) is 5.71. The Labute approximate surface area is 89.3 Å². The van der Waals surface area contributed by atoms with E-state index in [0.717, 1.165) is 32.2 Å². The van der Waals surface area contributed by atoms with Gasteiger partial charge in [0.15, 0.2) is 0 Å². The summed E-state index contributed by atoms with van der Waals surface area (Å²) in [6.45, 7) is 0.829. The molecule has 1 N–H and O–H groups in total. The number of hydrogen-bond acceptors (Lipinski definition) is 2. The van der Waals surface area contributed by atoms with Crippen LogP contribution >= 0.6 is 0 Å². The summed E-state index contributed by atoms with van der Waals surface area (Å²) in [5.74, 6) is -0.727. The lowest BCUT2D eigenvalue weighted by molar-refractivity contribution is -0.144. The summed E-state index contributed by atoms with van der Waals surface area (Å²) in [6.07, 6.45) is 4.93. The first-order chi connectivity index (χ1) is 7.18. The van der Waals surface area contributed by atoms with Crippen molar-refractivity contribution in [3.63, 3.8) is 0 Å². The molecule has 84 valence electrons. The number of rotatable bonds is 2. The molecule has 2 unspecified atom stereocenters. The predicted octanol–water partition coefficient (Wildman–Crippen LogP) is 1.25. The normalized spacial score (nSPS) is 32.0. The Bertz CT molecular complexity index is 277. The molecule has 1 saturated heterocycles. The molecule has 4 heteroatoms. The average Bonchev–Trinajstić information content (AvgIpc) is 2.64. The van der Waals surface area contributed by atoms with Crippen LogP contribution in [-0.4, -0.2) is 34.5 Å². The molecule has 1 amide bonds. The van der Waals surface area contributed by atoms with Crippen molar-refractivity contribution in [3.05, 3.63) is 0 Å². The van der Waals surface area contributed by atoms with Crippen LogP contribution in [0.3, 0.4) is 0 Å². The molecule has 2 fully saturated rings. The van der Waals surface area contributed by atoms with Crippen molar-refractivity contribution in [2.75, 3.05) is 6.54 Å². The molecule has 4 nitrogen and oxygen atoms in total. The predicted molar refractivity (Wildman–Crippen MR) is 54.3 cm³/mol. The lowest BCUT2D eigenvalue weighted by atomic mass is 9.85. The number of hydrogen-bond donors (Lipinski definition) is 1. The topological polar surface area (TPSA) is 57.6 Å². The molecule has 1 aliphatic heterocycles. The van der Waals surface area contributed by atoms with Gasteiger partial charge in [-0.3, -0.25) is 9.59 Å². The molecule has 2 rings (SSSR count). The second kappa shape index (κ2) is 4.21. The van der Waals surface area contributed by atoms with Crippen molar-refractivity contribution in [2.24, 2.45) is 5.92 Å². The highest BCUT2D eigenvalue weighted by atomic mass is 16.4. The van der Waals surface area contributed by atoms with E-state index in [-0.39, 0.29) is 17.9 Å². The van der Waals surface area contributed by atoms with Gasteiger partial charge in [0.25, 0.3) is 0 Å². The zero-order chi connectivity index (χ0) is 10.8. The Morgan fingerprint density at radius 1 is 1.33 bits per heavy atom. The fourth-order valence-electron chi connectivity index (χ4n) is 2.73. The fourth-order valence-corrected chi connectivity index (χ4v) is 2.73. The van der Waals surface area contributed by atoms with Crippen LogP contribution in [0.2, 0.25) is 0 Å². The highest BCUT2D eigenvalue weighted by Crippen LogP contribution is 2.30. The number of carbonyl (C=O) groups excluding carboxylic acids is 1. The second-order valence-electron chi connectivity index (χ2n) is 4.55. The first kappa shape index (κ1) is 10.5. The lowest BCUT2D eigenvalue weighted by Gasteiger charge is -2.33. The Morgan fingerprint density at radius 3 is 2.73 bits per heavy atom. The molecular weight excluding hydrogens is 194 g/mol. The van der Waals surface area contributed by atoms with Gasteiger partial charge in [0.2, 0.25) is 5.91 Å². The Morgan fingerprint density at radius 2 is 2.13 bits per heavy atom. The minimum absolute atomic E-state index is 0.190. The van der Waals surface area contributed by atoms with E-state index >= 15 is 0 Å². The minimum atomic E-state index is -0.702. The molecule has 1 saturated carbocycles. The van der Waals surface area contributed by atoms with Crippen LogP contribution in [0.15, 0.2) is 0 Å². The summed E-state index contributed by atoms with van der Waals surface area (Å²) in [5, 5.41) is 8.96. The first-order valence-electron chi connectivity index (χ1n) is 5.71. The van der Waals surface area contributed by atoms with Crippen molar-refractivity contribution in [1.82, 2.24) is 4.90 Å². The summed E-state index contributed by atoms with van der Waals surface area (Å²) in [7, 11) is 0. The highest BCUT2D eigenvalue weighted by Gasteiger charge is 2.34. The second-order valence-corrected chi connectivity index (χ2v) is 4.55. The van der Waals surface area contributed by atoms with Crippen LogP contribution in [0.4, 0.5) is 0 Å². The number of nitrogens with zero attached hydrogens (tertiary/aromatic N) is 1. The molecule has 0 bridgehead atoms. The van der Waals surface area contributed by atoms with Crippen LogP contribution in [-0.2, 0) is 9.59 Å². The summed E-state index contributed by atoms with van der Waals surface area (Å²) < 4.78 is 0. The van der Waals surface area contributed by atoms with E-state index in [1.54, 1.807) is 0 Å². The van der Waals surface area contributed by atoms with Crippen molar-refractivity contribution in [2.45, 2.75) is 44.6 Å². The molecule has 0 aromatic carbocycles. The van der Waals surface area contributed by atoms with E-state index in [1.165, 1.54) is 0 Å². The van der Waals surface area contributed by atoms with E-state index < -0.39 is 5.97 Å². The molecule has 15 heavy (non-hydrogen) atoms. The van der Waals surface area contributed by atoms with Crippen molar-refractivity contribution < 1.29 is 14.7 Å². The van der Waals surface area contributed by atoms with E-state index in [1.807, 2.05) is 4.90 Å². The number of carbonyl (C=O) groups is 2.